The van der Waals surface area contributed by atoms with Crippen molar-refractivity contribution in [2.45, 2.75) is 4.90 Å². The maximum atomic E-state index is 13.1. The van der Waals surface area contributed by atoms with Crippen LogP contribution in [0.25, 0.3) is 10.8 Å². The maximum Gasteiger partial charge on any atom is 0.335 e. The molecule has 8 nitrogen and oxygen atoms in total. The third kappa shape index (κ3) is 5.42. The lowest BCUT2D eigenvalue weighted by molar-refractivity contribution is -0.118. The van der Waals surface area contributed by atoms with Gasteiger partial charge >= 0.3 is 5.97 Å². The predicted molar refractivity (Wildman–Crippen MR) is 134 cm³/mol. The molecule has 0 unspecified atom stereocenters. The lowest BCUT2D eigenvalue weighted by Crippen LogP contribution is -2.26. The number of aromatic carboxylic acids is 1. The van der Waals surface area contributed by atoms with E-state index in [1.54, 1.807) is 42.5 Å². The van der Waals surface area contributed by atoms with E-state index in [2.05, 4.69) is 5.32 Å². The Kier molecular flexibility index (Phi) is 6.70. The standard InChI is InChI=1S/C26H22N2O6S/c1-28(35(32,33)24-15-8-18-4-2-3-5-20(18)16-24)22-11-13-23(14-12-22)34-17-25(29)27-21-9-6-19(7-10-21)26(30)31/h2-16H,17H2,1H3,(H,27,29)(H,30,31). The highest BCUT2D eigenvalue weighted by atomic mass is 32.2. The Balaban J connectivity index is 1.38. The number of fused-ring (bicyclic) bond motifs is 1. The second-order valence-corrected chi connectivity index (χ2v) is 9.66. The summed E-state index contributed by atoms with van der Waals surface area (Å²) in [5.41, 5.74) is 1.000. The molecule has 0 saturated heterocycles. The molecule has 0 radical (unpaired) electrons. The normalized spacial score (nSPS) is 11.1. The topological polar surface area (TPSA) is 113 Å². The molecule has 0 fully saturated rings. The Bertz CT molecular complexity index is 1480. The summed E-state index contributed by atoms with van der Waals surface area (Å²) in [6, 6.07) is 24.6. The van der Waals surface area contributed by atoms with Crippen LogP contribution in [0.15, 0.2) is 95.9 Å². The van der Waals surface area contributed by atoms with Crippen molar-refractivity contribution in [2.75, 3.05) is 23.3 Å². The van der Waals surface area contributed by atoms with Crippen molar-refractivity contribution in [2.24, 2.45) is 0 Å². The van der Waals surface area contributed by atoms with Crippen LogP contribution in [0, 0.1) is 0 Å². The Morgan fingerprint density at radius 2 is 1.54 bits per heavy atom. The zero-order chi connectivity index (χ0) is 25.0. The molecule has 178 valence electrons. The van der Waals surface area contributed by atoms with E-state index in [1.165, 1.54) is 35.6 Å². The molecule has 0 aliphatic carbocycles. The van der Waals surface area contributed by atoms with Gasteiger partial charge in [-0.2, -0.15) is 0 Å². The molecule has 4 aromatic carbocycles. The van der Waals surface area contributed by atoms with Gasteiger partial charge in [-0.05, 0) is 71.4 Å². The van der Waals surface area contributed by atoms with Crippen molar-refractivity contribution in [1.29, 1.82) is 0 Å². The number of carbonyl (C=O) groups excluding carboxylic acids is 1. The second-order valence-electron chi connectivity index (χ2n) is 7.69. The Morgan fingerprint density at radius 1 is 0.886 bits per heavy atom. The number of carboxylic acid groups (broad SMARTS) is 1. The molecule has 0 aromatic heterocycles. The van der Waals surface area contributed by atoms with Crippen LogP contribution in [-0.2, 0) is 14.8 Å². The van der Waals surface area contributed by atoms with Crippen LogP contribution < -0.4 is 14.4 Å². The van der Waals surface area contributed by atoms with E-state index < -0.39 is 21.9 Å². The van der Waals surface area contributed by atoms with E-state index in [1.807, 2.05) is 24.3 Å². The molecule has 9 heteroatoms. The van der Waals surface area contributed by atoms with Gasteiger partial charge < -0.3 is 15.2 Å². The van der Waals surface area contributed by atoms with Gasteiger partial charge in [-0.25, -0.2) is 13.2 Å². The first kappa shape index (κ1) is 23.8. The van der Waals surface area contributed by atoms with Crippen LogP contribution in [0.1, 0.15) is 10.4 Å². The molecule has 0 spiro atoms. The van der Waals surface area contributed by atoms with E-state index in [9.17, 15) is 18.0 Å². The number of nitrogens with one attached hydrogen (secondary N) is 1. The van der Waals surface area contributed by atoms with Gasteiger partial charge in [0, 0.05) is 12.7 Å². The number of carboxylic acids is 1. The lowest BCUT2D eigenvalue weighted by Gasteiger charge is -2.20. The van der Waals surface area contributed by atoms with Crippen molar-refractivity contribution >= 4 is 44.0 Å². The number of anilines is 2. The summed E-state index contributed by atoms with van der Waals surface area (Å²) in [7, 11) is -2.30. The number of sulfonamides is 1. The van der Waals surface area contributed by atoms with Gasteiger partial charge in [-0.3, -0.25) is 9.10 Å². The van der Waals surface area contributed by atoms with Crippen molar-refractivity contribution in [3.63, 3.8) is 0 Å². The fraction of sp³-hybridized carbons (Fsp3) is 0.0769. The van der Waals surface area contributed by atoms with E-state index >= 15 is 0 Å². The van der Waals surface area contributed by atoms with Gasteiger partial charge in [0.25, 0.3) is 15.9 Å². The van der Waals surface area contributed by atoms with Gasteiger partial charge in [0.15, 0.2) is 6.61 Å². The van der Waals surface area contributed by atoms with Crippen LogP contribution in [0.4, 0.5) is 11.4 Å². The molecule has 35 heavy (non-hydrogen) atoms. The number of nitrogens with zero attached hydrogens (tertiary/aromatic N) is 1. The molecule has 0 aliphatic heterocycles. The number of rotatable bonds is 8. The molecule has 0 saturated carbocycles. The highest BCUT2D eigenvalue weighted by molar-refractivity contribution is 7.92. The van der Waals surface area contributed by atoms with Crippen LogP contribution in [0.3, 0.4) is 0 Å². The average molecular weight is 491 g/mol. The minimum Gasteiger partial charge on any atom is -0.484 e. The zero-order valence-electron chi connectivity index (χ0n) is 18.7. The summed E-state index contributed by atoms with van der Waals surface area (Å²) in [5, 5.41) is 13.3. The van der Waals surface area contributed by atoms with Gasteiger partial charge in [-0.15, -0.1) is 0 Å². The molecule has 4 aromatic rings. The maximum absolute atomic E-state index is 13.1. The Morgan fingerprint density at radius 3 is 2.20 bits per heavy atom. The molecule has 1 amide bonds. The van der Waals surface area contributed by atoms with Gasteiger partial charge in [0.05, 0.1) is 16.1 Å². The fourth-order valence-electron chi connectivity index (χ4n) is 3.42. The van der Waals surface area contributed by atoms with Crippen LogP contribution in [-0.4, -0.2) is 39.1 Å². The number of carbonyl (C=O) groups is 2. The highest BCUT2D eigenvalue weighted by Gasteiger charge is 2.21. The third-order valence-corrected chi connectivity index (χ3v) is 7.15. The molecule has 0 atom stereocenters. The van der Waals surface area contributed by atoms with E-state index in [4.69, 9.17) is 9.84 Å². The van der Waals surface area contributed by atoms with Gasteiger partial charge in [0.2, 0.25) is 0 Å². The van der Waals surface area contributed by atoms with Crippen molar-refractivity contribution < 1.29 is 27.9 Å². The van der Waals surface area contributed by atoms with Gasteiger partial charge in [-0.1, -0.05) is 30.3 Å². The zero-order valence-corrected chi connectivity index (χ0v) is 19.5. The van der Waals surface area contributed by atoms with Crippen LogP contribution >= 0.6 is 0 Å². The van der Waals surface area contributed by atoms with Crippen molar-refractivity contribution in [1.82, 2.24) is 0 Å². The minimum absolute atomic E-state index is 0.118. The average Bonchev–Trinajstić information content (AvgIpc) is 2.87. The molecular formula is C26H22N2O6S. The Hall–Kier alpha value is -4.37. The lowest BCUT2D eigenvalue weighted by atomic mass is 10.1. The summed E-state index contributed by atoms with van der Waals surface area (Å²) in [4.78, 5) is 23.2. The van der Waals surface area contributed by atoms with Crippen molar-refractivity contribution in [3.8, 4) is 5.75 Å². The molecule has 0 aliphatic rings. The van der Waals surface area contributed by atoms with Crippen LogP contribution in [0.2, 0.25) is 0 Å². The predicted octanol–water partition coefficient (Wildman–Crippen LogP) is 4.38. The number of hydrogen-bond donors (Lipinski definition) is 2. The molecule has 2 N–H and O–H groups in total. The summed E-state index contributed by atoms with van der Waals surface area (Å²) in [6.45, 7) is -0.273. The van der Waals surface area contributed by atoms with Gasteiger partial charge in [0.1, 0.15) is 5.75 Å². The largest absolute Gasteiger partial charge is 0.484 e. The molecule has 0 heterocycles. The first-order valence-corrected chi connectivity index (χ1v) is 12.0. The first-order valence-electron chi connectivity index (χ1n) is 10.6. The number of benzene rings is 4. The first-order chi connectivity index (χ1) is 16.7. The fourth-order valence-corrected chi connectivity index (χ4v) is 4.65. The molecule has 0 bridgehead atoms. The number of hydrogen-bond acceptors (Lipinski definition) is 5. The summed E-state index contributed by atoms with van der Waals surface area (Å²) in [5.74, 6) is -1.08. The smallest absolute Gasteiger partial charge is 0.335 e. The number of amides is 1. The Labute approximate surface area is 202 Å². The highest BCUT2D eigenvalue weighted by Crippen LogP contribution is 2.26. The van der Waals surface area contributed by atoms with E-state index in [0.29, 0.717) is 17.1 Å². The quantitative estimate of drug-likeness (QED) is 0.379. The molecular weight excluding hydrogens is 468 g/mol. The summed E-state index contributed by atoms with van der Waals surface area (Å²) >= 11 is 0. The second kappa shape index (κ2) is 9.86. The summed E-state index contributed by atoms with van der Waals surface area (Å²) in [6.07, 6.45) is 0. The van der Waals surface area contributed by atoms with Crippen molar-refractivity contribution in [3.05, 3.63) is 96.6 Å². The van der Waals surface area contributed by atoms with Crippen LogP contribution in [0.5, 0.6) is 5.75 Å². The monoisotopic (exact) mass is 490 g/mol. The molecule has 4 rings (SSSR count). The SMILES string of the molecule is CN(c1ccc(OCC(=O)Nc2ccc(C(=O)O)cc2)cc1)S(=O)(=O)c1ccc2ccccc2c1. The van der Waals surface area contributed by atoms with E-state index in [0.717, 1.165) is 10.8 Å². The minimum atomic E-state index is -3.77. The van der Waals surface area contributed by atoms with E-state index in [-0.39, 0.29) is 17.1 Å². The summed E-state index contributed by atoms with van der Waals surface area (Å²) < 4.78 is 32.9. The third-order valence-electron chi connectivity index (χ3n) is 5.37. The number of ether oxygens (including phenoxy) is 1.